The van der Waals surface area contributed by atoms with Crippen LogP contribution in [0.1, 0.15) is 29.9 Å². The molecule has 0 saturated heterocycles. The molecule has 1 heterocycles. The van der Waals surface area contributed by atoms with Gasteiger partial charge in [0, 0.05) is 18.5 Å². The molecule has 2 aromatic carbocycles. The maximum Gasteiger partial charge on any atom is 0.272 e. The highest BCUT2D eigenvalue weighted by atomic mass is 16.3. The number of benzene rings is 2. The molecular formula is C21H22N2O2. The first kappa shape index (κ1) is 17.1. The van der Waals surface area contributed by atoms with Gasteiger partial charge in [-0.25, -0.2) is 4.98 Å². The van der Waals surface area contributed by atoms with Crippen LogP contribution in [0.25, 0.3) is 10.9 Å². The van der Waals surface area contributed by atoms with Gasteiger partial charge in [0.1, 0.15) is 5.69 Å². The number of carbonyl (C=O) groups excluding carboxylic acids is 1. The largest absolute Gasteiger partial charge is 0.389 e. The molecule has 4 nitrogen and oxygen atoms in total. The molecule has 1 aromatic heterocycles. The van der Waals surface area contributed by atoms with Gasteiger partial charge in [-0.15, -0.1) is 0 Å². The van der Waals surface area contributed by atoms with Gasteiger partial charge in [-0.1, -0.05) is 54.6 Å². The van der Waals surface area contributed by atoms with E-state index in [1.807, 2.05) is 60.7 Å². The molecule has 0 aliphatic carbocycles. The summed E-state index contributed by atoms with van der Waals surface area (Å²) in [7, 11) is 0. The minimum atomic E-state index is -0.985. The van der Waals surface area contributed by atoms with Gasteiger partial charge in [0.05, 0.1) is 11.1 Å². The molecule has 0 aliphatic rings. The molecule has 25 heavy (non-hydrogen) atoms. The molecule has 3 aromatic rings. The van der Waals surface area contributed by atoms with Gasteiger partial charge in [0.2, 0.25) is 0 Å². The summed E-state index contributed by atoms with van der Waals surface area (Å²) in [6, 6.07) is 21.1. The maximum absolute atomic E-state index is 13.0. The molecule has 0 fully saturated rings. The number of nitrogens with zero attached hydrogens (tertiary/aromatic N) is 2. The third kappa shape index (κ3) is 4.43. The van der Waals surface area contributed by atoms with Crippen LogP contribution in [0.15, 0.2) is 66.7 Å². The molecule has 0 atom stereocenters. The average molecular weight is 334 g/mol. The van der Waals surface area contributed by atoms with Gasteiger partial charge in [-0.3, -0.25) is 4.79 Å². The molecule has 0 unspecified atom stereocenters. The molecule has 3 rings (SSSR count). The normalized spacial score (nSPS) is 11.5. The van der Waals surface area contributed by atoms with Gasteiger partial charge in [-0.05, 0) is 31.5 Å². The highest BCUT2D eigenvalue weighted by Crippen LogP contribution is 2.16. The molecular weight excluding hydrogens is 312 g/mol. The van der Waals surface area contributed by atoms with Crippen LogP contribution >= 0.6 is 0 Å². The van der Waals surface area contributed by atoms with Crippen molar-refractivity contribution in [1.29, 1.82) is 0 Å². The maximum atomic E-state index is 13.0. The van der Waals surface area contributed by atoms with Crippen LogP contribution in [0.2, 0.25) is 0 Å². The van der Waals surface area contributed by atoms with Crippen molar-refractivity contribution in [2.75, 3.05) is 6.54 Å². The Kier molecular flexibility index (Phi) is 4.81. The van der Waals surface area contributed by atoms with E-state index in [0.29, 0.717) is 12.2 Å². The van der Waals surface area contributed by atoms with E-state index in [4.69, 9.17) is 0 Å². The molecule has 0 aliphatic heterocycles. The number of carbonyl (C=O) groups is 1. The van der Waals surface area contributed by atoms with E-state index in [1.54, 1.807) is 24.8 Å². The number of hydrogen-bond acceptors (Lipinski definition) is 3. The number of pyridine rings is 1. The van der Waals surface area contributed by atoms with Crippen molar-refractivity contribution in [2.24, 2.45) is 0 Å². The number of para-hydroxylation sites is 1. The first-order chi connectivity index (χ1) is 11.9. The number of fused-ring (bicyclic) bond motifs is 1. The topological polar surface area (TPSA) is 53.4 Å². The zero-order chi connectivity index (χ0) is 17.9. The number of rotatable bonds is 5. The first-order valence-electron chi connectivity index (χ1n) is 8.34. The third-order valence-corrected chi connectivity index (χ3v) is 3.90. The lowest BCUT2D eigenvalue weighted by molar-refractivity contribution is 0.0277. The smallest absolute Gasteiger partial charge is 0.272 e. The molecule has 1 amide bonds. The molecule has 0 spiro atoms. The molecule has 1 N–H and O–H groups in total. The quantitative estimate of drug-likeness (QED) is 0.775. The zero-order valence-electron chi connectivity index (χ0n) is 14.5. The van der Waals surface area contributed by atoms with E-state index in [2.05, 4.69) is 4.98 Å². The van der Waals surface area contributed by atoms with Crippen LogP contribution in [0.4, 0.5) is 0 Å². The van der Waals surface area contributed by atoms with Crippen LogP contribution in [0.3, 0.4) is 0 Å². The van der Waals surface area contributed by atoms with Gasteiger partial charge in [-0.2, -0.15) is 0 Å². The number of amides is 1. The fourth-order valence-electron chi connectivity index (χ4n) is 2.82. The Morgan fingerprint density at radius 3 is 2.40 bits per heavy atom. The Hall–Kier alpha value is -2.72. The van der Waals surface area contributed by atoms with Crippen LogP contribution in [0.5, 0.6) is 0 Å². The average Bonchev–Trinajstić information content (AvgIpc) is 2.60. The van der Waals surface area contributed by atoms with Gasteiger partial charge in [0.25, 0.3) is 5.91 Å². The van der Waals surface area contributed by atoms with E-state index in [9.17, 15) is 9.90 Å². The lowest BCUT2D eigenvalue weighted by atomic mass is 10.1. The Labute approximate surface area is 147 Å². The standard InChI is InChI=1S/C21H22N2O2/c1-21(2,25)15-23(14-16-8-4-3-5-9-16)20(24)19-13-12-17-10-6-7-11-18(17)22-19/h3-13,25H,14-15H2,1-2H3. The van der Waals surface area contributed by atoms with Gasteiger partial charge in [0.15, 0.2) is 0 Å². The Balaban J connectivity index is 1.91. The Bertz CT molecular complexity index is 870. The van der Waals surface area contributed by atoms with E-state index in [1.165, 1.54) is 0 Å². The first-order valence-corrected chi connectivity index (χ1v) is 8.34. The van der Waals surface area contributed by atoms with E-state index in [0.717, 1.165) is 16.5 Å². The lowest BCUT2D eigenvalue weighted by Gasteiger charge is -2.29. The van der Waals surface area contributed by atoms with Crippen molar-refractivity contribution in [1.82, 2.24) is 9.88 Å². The van der Waals surface area contributed by atoms with Crippen LogP contribution in [-0.4, -0.2) is 33.0 Å². The van der Waals surface area contributed by atoms with Gasteiger partial charge < -0.3 is 10.0 Å². The van der Waals surface area contributed by atoms with Gasteiger partial charge >= 0.3 is 0 Å². The summed E-state index contributed by atoms with van der Waals surface area (Å²) >= 11 is 0. The second kappa shape index (κ2) is 7.03. The number of aromatic nitrogens is 1. The minimum absolute atomic E-state index is 0.184. The highest BCUT2D eigenvalue weighted by molar-refractivity contribution is 5.95. The highest BCUT2D eigenvalue weighted by Gasteiger charge is 2.24. The second-order valence-corrected chi connectivity index (χ2v) is 6.85. The molecule has 4 heteroatoms. The lowest BCUT2D eigenvalue weighted by Crippen LogP contribution is -2.42. The summed E-state index contributed by atoms with van der Waals surface area (Å²) in [4.78, 5) is 19.2. The van der Waals surface area contributed by atoms with Crippen molar-refractivity contribution in [2.45, 2.75) is 26.0 Å². The van der Waals surface area contributed by atoms with Crippen molar-refractivity contribution >= 4 is 16.8 Å². The summed E-state index contributed by atoms with van der Waals surface area (Å²) in [6.07, 6.45) is 0. The molecule has 0 saturated carbocycles. The number of aliphatic hydroxyl groups is 1. The van der Waals surface area contributed by atoms with Crippen LogP contribution in [0, 0.1) is 0 Å². The summed E-state index contributed by atoms with van der Waals surface area (Å²) in [5.41, 5.74) is 1.21. The van der Waals surface area contributed by atoms with Crippen molar-refractivity contribution in [3.05, 3.63) is 78.0 Å². The SMILES string of the molecule is CC(C)(O)CN(Cc1ccccc1)C(=O)c1ccc2ccccc2n1. The molecule has 0 radical (unpaired) electrons. The fourth-order valence-corrected chi connectivity index (χ4v) is 2.82. The monoisotopic (exact) mass is 334 g/mol. The van der Waals surface area contributed by atoms with Crippen molar-refractivity contribution in [3.8, 4) is 0 Å². The predicted octanol–water partition coefficient (Wildman–Crippen LogP) is 3.65. The molecule has 128 valence electrons. The summed E-state index contributed by atoms with van der Waals surface area (Å²) in [5, 5.41) is 11.2. The molecule has 0 bridgehead atoms. The van der Waals surface area contributed by atoms with Crippen molar-refractivity contribution in [3.63, 3.8) is 0 Å². The number of hydrogen-bond donors (Lipinski definition) is 1. The Morgan fingerprint density at radius 2 is 1.68 bits per heavy atom. The van der Waals surface area contributed by atoms with E-state index < -0.39 is 5.60 Å². The predicted molar refractivity (Wildman–Crippen MR) is 99.2 cm³/mol. The van der Waals surface area contributed by atoms with Crippen LogP contribution < -0.4 is 0 Å². The third-order valence-electron chi connectivity index (χ3n) is 3.90. The summed E-state index contributed by atoms with van der Waals surface area (Å²) in [5.74, 6) is -0.184. The summed E-state index contributed by atoms with van der Waals surface area (Å²) < 4.78 is 0. The summed E-state index contributed by atoms with van der Waals surface area (Å²) in [6.45, 7) is 4.06. The van der Waals surface area contributed by atoms with Crippen LogP contribution in [-0.2, 0) is 6.54 Å². The van der Waals surface area contributed by atoms with Crippen molar-refractivity contribution < 1.29 is 9.90 Å². The minimum Gasteiger partial charge on any atom is -0.389 e. The zero-order valence-corrected chi connectivity index (χ0v) is 14.5. The van der Waals surface area contributed by atoms with E-state index in [-0.39, 0.29) is 12.5 Å². The van der Waals surface area contributed by atoms with E-state index >= 15 is 0 Å². The fraction of sp³-hybridized carbons (Fsp3) is 0.238. The Morgan fingerprint density at radius 1 is 1.00 bits per heavy atom. The second-order valence-electron chi connectivity index (χ2n) is 6.85.